The Balaban J connectivity index is 1.72. The second-order valence-electron chi connectivity index (χ2n) is 8.28. The first-order valence-corrected chi connectivity index (χ1v) is 12.1. The highest BCUT2D eigenvalue weighted by molar-refractivity contribution is 7.86. The largest absolute Gasteiger partial charge is 0.493 e. The summed E-state index contributed by atoms with van der Waals surface area (Å²) in [4.78, 5) is 0. The molecule has 1 aliphatic carbocycles. The van der Waals surface area contributed by atoms with Crippen LogP contribution >= 0.6 is 0 Å². The van der Waals surface area contributed by atoms with E-state index in [1.54, 1.807) is 14.2 Å². The lowest BCUT2D eigenvalue weighted by Gasteiger charge is -2.33. The zero-order valence-corrected chi connectivity index (χ0v) is 18.7. The smallest absolute Gasteiger partial charge is 0.265 e. The van der Waals surface area contributed by atoms with E-state index < -0.39 is 16.3 Å². The quantitative estimate of drug-likeness (QED) is 0.709. The number of benzene rings is 2. The van der Waals surface area contributed by atoms with E-state index in [4.69, 9.17) is 13.7 Å². The highest BCUT2D eigenvalue weighted by Gasteiger charge is 2.48. The molecule has 0 amide bonds. The Kier molecular flexibility index (Phi) is 5.79. The van der Waals surface area contributed by atoms with E-state index in [9.17, 15) is 8.42 Å². The van der Waals surface area contributed by atoms with Gasteiger partial charge in [0.2, 0.25) is 0 Å². The molecule has 2 aromatic carbocycles. The molecule has 0 bridgehead atoms. The lowest BCUT2D eigenvalue weighted by molar-refractivity contribution is 0.165. The number of rotatable bonds is 6. The average Bonchev–Trinajstić information content (AvgIpc) is 3.02. The zero-order valence-electron chi connectivity index (χ0n) is 17.8. The second kappa shape index (κ2) is 8.21. The molecular weight excluding hydrogens is 402 g/mol. The van der Waals surface area contributed by atoms with E-state index in [2.05, 4.69) is 36.5 Å². The van der Waals surface area contributed by atoms with Crippen molar-refractivity contribution in [3.63, 3.8) is 0 Å². The summed E-state index contributed by atoms with van der Waals surface area (Å²) in [6.07, 6.45) is 3.12. The van der Waals surface area contributed by atoms with E-state index in [-0.39, 0.29) is 17.9 Å². The molecule has 1 N–H and O–H groups in total. The molecule has 1 heterocycles. The van der Waals surface area contributed by atoms with Crippen LogP contribution in [0.1, 0.15) is 34.6 Å². The minimum Gasteiger partial charge on any atom is -0.493 e. The van der Waals surface area contributed by atoms with Crippen LogP contribution in [0.4, 0.5) is 0 Å². The summed E-state index contributed by atoms with van der Waals surface area (Å²) in [6, 6.07) is 12.5. The van der Waals surface area contributed by atoms with Gasteiger partial charge in [-0.3, -0.25) is 9.50 Å². The lowest BCUT2D eigenvalue weighted by Crippen LogP contribution is -2.36. The van der Waals surface area contributed by atoms with Gasteiger partial charge in [-0.2, -0.15) is 8.42 Å². The van der Waals surface area contributed by atoms with Gasteiger partial charge in [0.05, 0.1) is 20.5 Å². The maximum Gasteiger partial charge on any atom is 0.265 e. The van der Waals surface area contributed by atoms with Crippen LogP contribution in [-0.2, 0) is 27.1 Å². The first kappa shape index (κ1) is 21.2. The Labute approximate surface area is 178 Å². The molecule has 4 rings (SSSR count). The van der Waals surface area contributed by atoms with Crippen molar-refractivity contribution in [3.8, 4) is 11.5 Å². The summed E-state index contributed by atoms with van der Waals surface area (Å²) in [5, 5.41) is 3.49. The molecule has 0 spiro atoms. The number of fused-ring (bicyclic) bond motifs is 3. The van der Waals surface area contributed by atoms with Crippen molar-refractivity contribution in [2.45, 2.75) is 44.4 Å². The van der Waals surface area contributed by atoms with E-state index in [0.29, 0.717) is 5.75 Å². The maximum absolute atomic E-state index is 12.0. The molecular formula is C23H29NO5S. The molecule has 4 unspecified atom stereocenters. The van der Waals surface area contributed by atoms with Gasteiger partial charge < -0.3 is 9.47 Å². The van der Waals surface area contributed by atoms with Crippen LogP contribution in [0.2, 0.25) is 0 Å². The van der Waals surface area contributed by atoms with E-state index >= 15 is 0 Å². The first-order chi connectivity index (χ1) is 14.3. The third-order valence-electron chi connectivity index (χ3n) is 6.27. The molecule has 2 aliphatic rings. The van der Waals surface area contributed by atoms with Gasteiger partial charge in [0.25, 0.3) is 10.1 Å². The first-order valence-electron chi connectivity index (χ1n) is 10.2. The Bertz CT molecular complexity index is 1040. The van der Waals surface area contributed by atoms with Gasteiger partial charge in [-0.25, -0.2) is 0 Å². The van der Waals surface area contributed by atoms with Crippen molar-refractivity contribution < 1.29 is 22.1 Å². The molecule has 4 atom stereocenters. The molecule has 6 nitrogen and oxygen atoms in total. The van der Waals surface area contributed by atoms with E-state index in [1.807, 2.05) is 12.1 Å². The predicted octanol–water partition coefficient (Wildman–Crippen LogP) is 3.18. The third-order valence-corrected chi connectivity index (χ3v) is 6.83. The standard InChI is InChI=1S/C23H29NO5S/c1-14-6-5-7-15(12-14)13-19-18-9-8-17-16(10-11-20(27-2)22(17)28-3)21(18)23(24-19)29-30(4,25)26/h5-7,10-12,18-19,21,23-24H,8-9,13H2,1-4H3. The zero-order chi connectivity index (χ0) is 21.5. The highest BCUT2D eigenvalue weighted by Crippen LogP contribution is 2.49. The van der Waals surface area contributed by atoms with Crippen molar-refractivity contribution >= 4 is 10.1 Å². The van der Waals surface area contributed by atoms with Gasteiger partial charge in [0, 0.05) is 17.5 Å². The Morgan fingerprint density at radius 1 is 1.13 bits per heavy atom. The fourth-order valence-corrected chi connectivity index (χ4v) is 5.71. The summed E-state index contributed by atoms with van der Waals surface area (Å²) in [7, 11) is -0.344. The van der Waals surface area contributed by atoms with Crippen molar-refractivity contribution in [1.29, 1.82) is 0 Å². The molecule has 0 radical (unpaired) electrons. The molecule has 2 aromatic rings. The van der Waals surface area contributed by atoms with Gasteiger partial charge in [-0.1, -0.05) is 35.9 Å². The molecule has 0 saturated carbocycles. The SMILES string of the molecule is COc1ccc2c(c1OC)CCC1C(Cc3cccc(C)c3)NC(OS(C)(=O)=O)C21. The summed E-state index contributed by atoms with van der Waals surface area (Å²) in [5.41, 5.74) is 4.62. The van der Waals surface area contributed by atoms with E-state index in [1.165, 1.54) is 11.1 Å². The Hall–Kier alpha value is -2.09. The molecule has 0 aromatic heterocycles. The third kappa shape index (κ3) is 4.06. The minimum absolute atomic E-state index is 0.0712. The fraction of sp³-hybridized carbons (Fsp3) is 0.478. The number of hydrogen-bond acceptors (Lipinski definition) is 6. The van der Waals surface area contributed by atoms with E-state index in [0.717, 1.165) is 42.4 Å². The van der Waals surface area contributed by atoms with Crippen LogP contribution < -0.4 is 14.8 Å². The lowest BCUT2D eigenvalue weighted by atomic mass is 9.73. The van der Waals surface area contributed by atoms with Crippen molar-refractivity contribution in [1.82, 2.24) is 5.32 Å². The predicted molar refractivity (Wildman–Crippen MR) is 116 cm³/mol. The molecule has 162 valence electrons. The average molecular weight is 432 g/mol. The highest BCUT2D eigenvalue weighted by atomic mass is 32.2. The summed E-state index contributed by atoms with van der Waals surface area (Å²) < 4.78 is 40.7. The Morgan fingerprint density at radius 2 is 1.93 bits per heavy atom. The maximum atomic E-state index is 12.0. The van der Waals surface area contributed by atoms with Crippen LogP contribution in [0.25, 0.3) is 0 Å². The topological polar surface area (TPSA) is 73.9 Å². The molecule has 1 fully saturated rings. The number of aryl methyl sites for hydroxylation is 1. The van der Waals surface area contributed by atoms with Crippen LogP contribution in [0.3, 0.4) is 0 Å². The van der Waals surface area contributed by atoms with Gasteiger partial charge in [-0.05, 0) is 49.3 Å². The van der Waals surface area contributed by atoms with Crippen LogP contribution in [0.15, 0.2) is 36.4 Å². The summed E-state index contributed by atoms with van der Waals surface area (Å²) in [5.74, 6) is 1.62. The van der Waals surface area contributed by atoms with Gasteiger partial charge >= 0.3 is 0 Å². The second-order valence-corrected chi connectivity index (χ2v) is 9.89. The van der Waals surface area contributed by atoms with Gasteiger partial charge in [0.15, 0.2) is 11.5 Å². The number of hydrogen-bond donors (Lipinski definition) is 1. The van der Waals surface area contributed by atoms with Crippen molar-refractivity contribution in [2.75, 3.05) is 20.5 Å². The fourth-order valence-electron chi connectivity index (χ4n) is 5.15. The normalized spacial score (nSPS) is 25.5. The van der Waals surface area contributed by atoms with Gasteiger partial charge in [0.1, 0.15) is 6.23 Å². The van der Waals surface area contributed by atoms with Crippen LogP contribution in [0, 0.1) is 12.8 Å². The van der Waals surface area contributed by atoms with Crippen molar-refractivity contribution in [2.24, 2.45) is 5.92 Å². The van der Waals surface area contributed by atoms with Crippen LogP contribution in [-0.4, -0.2) is 41.2 Å². The number of ether oxygens (including phenoxy) is 2. The summed E-state index contributed by atoms with van der Waals surface area (Å²) in [6.45, 7) is 2.08. The number of methoxy groups -OCH3 is 2. The molecule has 7 heteroatoms. The molecule has 1 aliphatic heterocycles. The summed E-state index contributed by atoms with van der Waals surface area (Å²) >= 11 is 0. The van der Waals surface area contributed by atoms with Crippen LogP contribution in [0.5, 0.6) is 11.5 Å². The molecule has 30 heavy (non-hydrogen) atoms. The monoisotopic (exact) mass is 431 g/mol. The Morgan fingerprint density at radius 3 is 2.60 bits per heavy atom. The minimum atomic E-state index is -3.61. The van der Waals surface area contributed by atoms with Crippen molar-refractivity contribution in [3.05, 3.63) is 58.7 Å². The molecule has 1 saturated heterocycles. The number of nitrogens with one attached hydrogen (secondary N) is 1. The van der Waals surface area contributed by atoms with Gasteiger partial charge in [-0.15, -0.1) is 0 Å².